The monoisotopic (exact) mass is 421 g/mol. The van der Waals surface area contributed by atoms with Crippen LogP contribution in [0.25, 0.3) is 10.9 Å². The second-order valence-corrected chi connectivity index (χ2v) is 7.86. The van der Waals surface area contributed by atoms with E-state index >= 15 is 0 Å². The summed E-state index contributed by atoms with van der Waals surface area (Å²) in [5, 5.41) is 9.37. The molecule has 1 unspecified atom stereocenters. The molecule has 1 N–H and O–H groups in total. The molecular weight excluding hydrogens is 397 g/mol. The SMILES string of the molecule is CCn1cc(C(=O)O)c(=O)c2cc(F)c(N3CCC(/N=C/c4ccc(C)cc4)C3)cc21. The third-order valence-corrected chi connectivity index (χ3v) is 5.74. The number of anilines is 1. The van der Waals surface area contributed by atoms with Gasteiger partial charge in [-0.3, -0.25) is 9.79 Å². The molecule has 0 spiro atoms. The fraction of sp³-hybridized carbons (Fsp3) is 0.292. The van der Waals surface area contributed by atoms with Gasteiger partial charge in [-0.1, -0.05) is 29.8 Å². The number of hydrogen-bond acceptors (Lipinski definition) is 4. The summed E-state index contributed by atoms with van der Waals surface area (Å²) in [6.07, 6.45) is 3.98. The number of aliphatic imine (C=N–C) groups is 1. The molecule has 1 atom stereocenters. The highest BCUT2D eigenvalue weighted by Gasteiger charge is 2.25. The molecule has 2 heterocycles. The third kappa shape index (κ3) is 4.08. The summed E-state index contributed by atoms with van der Waals surface area (Å²) in [5.74, 6) is -1.84. The number of aromatic carboxylic acids is 1. The molecule has 1 saturated heterocycles. The predicted molar refractivity (Wildman–Crippen MR) is 120 cm³/mol. The van der Waals surface area contributed by atoms with E-state index in [0.29, 0.717) is 30.8 Å². The van der Waals surface area contributed by atoms with E-state index < -0.39 is 17.2 Å². The Bertz CT molecular complexity index is 1230. The molecule has 31 heavy (non-hydrogen) atoms. The van der Waals surface area contributed by atoms with Crippen LogP contribution in [0.15, 0.2) is 52.4 Å². The van der Waals surface area contributed by atoms with Crippen molar-refractivity contribution in [3.63, 3.8) is 0 Å². The Balaban J connectivity index is 1.63. The standard InChI is InChI=1S/C24H24FN3O3/c1-3-27-14-19(24(30)31)23(29)18-10-20(25)22(11-21(18)27)28-9-8-17(13-28)26-12-16-6-4-15(2)5-7-16/h4-7,10-12,14,17H,3,8-9,13H2,1-2H3,(H,30,31)/b26-12+. The number of halogens is 1. The molecule has 0 amide bonds. The topological polar surface area (TPSA) is 74.9 Å². The van der Waals surface area contributed by atoms with Crippen LogP contribution in [-0.2, 0) is 6.54 Å². The summed E-state index contributed by atoms with van der Waals surface area (Å²) < 4.78 is 16.6. The van der Waals surface area contributed by atoms with Crippen LogP contribution in [0.5, 0.6) is 0 Å². The van der Waals surface area contributed by atoms with Crippen molar-refractivity contribution in [1.82, 2.24) is 4.57 Å². The lowest BCUT2D eigenvalue weighted by molar-refractivity contribution is 0.0695. The van der Waals surface area contributed by atoms with Crippen molar-refractivity contribution >= 4 is 28.8 Å². The first-order valence-corrected chi connectivity index (χ1v) is 10.3. The Kier molecular flexibility index (Phi) is 5.59. The number of carboxylic acid groups (broad SMARTS) is 1. The zero-order valence-electron chi connectivity index (χ0n) is 17.5. The number of rotatable bonds is 5. The number of fused-ring (bicyclic) bond motifs is 1. The van der Waals surface area contributed by atoms with E-state index in [2.05, 4.69) is 4.99 Å². The molecular formula is C24H24FN3O3. The zero-order valence-corrected chi connectivity index (χ0v) is 17.5. The Morgan fingerprint density at radius 3 is 2.71 bits per heavy atom. The zero-order chi connectivity index (χ0) is 22.1. The predicted octanol–water partition coefficient (Wildman–Crippen LogP) is 3.86. The minimum atomic E-state index is -1.31. The molecule has 2 aromatic carbocycles. The van der Waals surface area contributed by atoms with Crippen LogP contribution in [0.2, 0.25) is 0 Å². The number of nitrogens with zero attached hydrogens (tertiary/aromatic N) is 3. The largest absolute Gasteiger partial charge is 0.477 e. The number of pyridine rings is 1. The molecule has 1 fully saturated rings. The van der Waals surface area contributed by atoms with Gasteiger partial charge in [0, 0.05) is 37.4 Å². The van der Waals surface area contributed by atoms with Gasteiger partial charge in [-0.15, -0.1) is 0 Å². The number of carbonyl (C=O) groups is 1. The maximum absolute atomic E-state index is 15.0. The molecule has 1 aliphatic rings. The first-order valence-electron chi connectivity index (χ1n) is 10.3. The second-order valence-electron chi connectivity index (χ2n) is 7.86. The van der Waals surface area contributed by atoms with Gasteiger partial charge < -0.3 is 14.6 Å². The Labute approximate surface area is 179 Å². The molecule has 7 heteroatoms. The highest BCUT2D eigenvalue weighted by Crippen LogP contribution is 2.29. The number of aromatic nitrogens is 1. The van der Waals surface area contributed by atoms with E-state index in [1.165, 1.54) is 11.8 Å². The second kappa shape index (κ2) is 8.34. The van der Waals surface area contributed by atoms with Crippen LogP contribution in [0.3, 0.4) is 0 Å². The van der Waals surface area contributed by atoms with Gasteiger partial charge in [0.25, 0.3) is 0 Å². The molecule has 3 aromatic rings. The summed E-state index contributed by atoms with van der Waals surface area (Å²) in [7, 11) is 0. The van der Waals surface area contributed by atoms with Gasteiger partial charge in [-0.2, -0.15) is 0 Å². The number of hydrogen-bond donors (Lipinski definition) is 1. The molecule has 160 valence electrons. The van der Waals surface area contributed by atoms with Crippen LogP contribution >= 0.6 is 0 Å². The summed E-state index contributed by atoms with van der Waals surface area (Å²) in [5.41, 5.74) is 2.14. The molecule has 0 radical (unpaired) electrons. The van der Waals surface area contributed by atoms with E-state index in [9.17, 15) is 19.1 Å². The van der Waals surface area contributed by atoms with E-state index in [-0.39, 0.29) is 17.0 Å². The summed E-state index contributed by atoms with van der Waals surface area (Å²) in [6, 6.07) is 11.0. The molecule has 0 bridgehead atoms. The molecule has 0 aliphatic carbocycles. The van der Waals surface area contributed by atoms with E-state index in [1.54, 1.807) is 10.6 Å². The highest BCUT2D eigenvalue weighted by molar-refractivity contribution is 5.93. The van der Waals surface area contributed by atoms with E-state index in [4.69, 9.17) is 0 Å². The number of aryl methyl sites for hydroxylation is 2. The van der Waals surface area contributed by atoms with Crippen LogP contribution in [0.4, 0.5) is 10.1 Å². The fourth-order valence-corrected chi connectivity index (χ4v) is 3.98. The number of carboxylic acids is 1. The van der Waals surface area contributed by atoms with Crippen LogP contribution < -0.4 is 10.3 Å². The van der Waals surface area contributed by atoms with Crippen molar-refractivity contribution in [3.05, 3.63) is 75.3 Å². The van der Waals surface area contributed by atoms with Gasteiger partial charge in [0.15, 0.2) is 0 Å². The van der Waals surface area contributed by atoms with E-state index in [0.717, 1.165) is 18.1 Å². The quantitative estimate of drug-likeness (QED) is 0.635. The Morgan fingerprint density at radius 1 is 1.29 bits per heavy atom. The highest BCUT2D eigenvalue weighted by atomic mass is 19.1. The van der Waals surface area contributed by atoms with Crippen molar-refractivity contribution in [1.29, 1.82) is 0 Å². The summed E-state index contributed by atoms with van der Waals surface area (Å²) >= 11 is 0. The average molecular weight is 421 g/mol. The first-order chi connectivity index (χ1) is 14.9. The van der Waals surface area contributed by atoms with Crippen LogP contribution in [-0.4, -0.2) is 41.0 Å². The van der Waals surface area contributed by atoms with Crippen molar-refractivity contribution < 1.29 is 14.3 Å². The Morgan fingerprint density at radius 2 is 2.03 bits per heavy atom. The first kappa shape index (κ1) is 20.8. The van der Waals surface area contributed by atoms with Crippen molar-refractivity contribution in [2.45, 2.75) is 32.9 Å². The molecule has 6 nitrogen and oxygen atoms in total. The molecule has 1 aliphatic heterocycles. The third-order valence-electron chi connectivity index (χ3n) is 5.74. The van der Waals surface area contributed by atoms with Crippen LogP contribution in [0, 0.1) is 12.7 Å². The fourth-order valence-electron chi connectivity index (χ4n) is 3.98. The van der Waals surface area contributed by atoms with Gasteiger partial charge in [-0.05, 0) is 38.0 Å². The molecule has 1 aromatic heterocycles. The Hall–Kier alpha value is -3.48. The van der Waals surface area contributed by atoms with Crippen LogP contribution in [0.1, 0.15) is 34.8 Å². The van der Waals surface area contributed by atoms with Gasteiger partial charge in [-0.25, -0.2) is 9.18 Å². The molecule has 4 rings (SSSR count). The average Bonchev–Trinajstić information content (AvgIpc) is 3.22. The van der Waals surface area contributed by atoms with Crippen molar-refractivity contribution in [3.8, 4) is 0 Å². The summed E-state index contributed by atoms with van der Waals surface area (Å²) in [6.45, 7) is 5.58. The van der Waals surface area contributed by atoms with Crippen molar-refractivity contribution in [2.24, 2.45) is 4.99 Å². The molecule has 0 saturated carbocycles. The van der Waals surface area contributed by atoms with E-state index in [1.807, 2.05) is 49.2 Å². The lowest BCUT2D eigenvalue weighted by Crippen LogP contribution is -2.23. The maximum atomic E-state index is 15.0. The smallest absolute Gasteiger partial charge is 0.341 e. The minimum Gasteiger partial charge on any atom is -0.477 e. The number of benzene rings is 2. The summed E-state index contributed by atoms with van der Waals surface area (Å²) in [4.78, 5) is 30.5. The minimum absolute atomic E-state index is 0.0548. The van der Waals surface area contributed by atoms with Gasteiger partial charge in [0.2, 0.25) is 5.43 Å². The lowest BCUT2D eigenvalue weighted by atomic mass is 10.1. The van der Waals surface area contributed by atoms with Gasteiger partial charge >= 0.3 is 5.97 Å². The van der Waals surface area contributed by atoms with Gasteiger partial charge in [0.1, 0.15) is 11.4 Å². The lowest BCUT2D eigenvalue weighted by Gasteiger charge is -2.20. The van der Waals surface area contributed by atoms with Crippen molar-refractivity contribution in [2.75, 3.05) is 18.0 Å². The van der Waals surface area contributed by atoms with Gasteiger partial charge in [0.05, 0.1) is 17.2 Å². The normalized spacial score (nSPS) is 16.5. The maximum Gasteiger partial charge on any atom is 0.341 e.